The number of nitrogens with zero attached hydrogens (tertiary/aromatic N) is 1. The number of hydrogen-bond acceptors (Lipinski definition) is 4. The van der Waals surface area contributed by atoms with Crippen LogP contribution in [0.15, 0.2) is 12.1 Å². The molecule has 1 aliphatic heterocycles. The number of piperazine rings is 1. The van der Waals surface area contributed by atoms with E-state index < -0.39 is 0 Å². The van der Waals surface area contributed by atoms with Crippen molar-refractivity contribution >= 4 is 36.4 Å². The summed E-state index contributed by atoms with van der Waals surface area (Å²) in [5.41, 5.74) is 0.820. The van der Waals surface area contributed by atoms with Gasteiger partial charge < -0.3 is 15.2 Å². The van der Waals surface area contributed by atoms with Crippen LogP contribution >= 0.6 is 36.4 Å². The average Bonchev–Trinajstić information content (AvgIpc) is 2.48. The summed E-state index contributed by atoms with van der Waals surface area (Å²) >= 11 is 6.13. The van der Waals surface area contributed by atoms with Crippen LogP contribution < -0.4 is 10.1 Å². The normalized spacial score (nSPS) is 16.4. The van der Waals surface area contributed by atoms with Crippen molar-refractivity contribution in [1.82, 2.24) is 10.2 Å². The molecule has 0 aliphatic carbocycles. The Morgan fingerprint density at radius 3 is 2.39 bits per heavy atom. The molecule has 1 atom stereocenters. The number of ether oxygens (including phenoxy) is 1. The van der Waals surface area contributed by atoms with Gasteiger partial charge >= 0.3 is 0 Å². The van der Waals surface area contributed by atoms with Crippen molar-refractivity contribution in [2.45, 2.75) is 26.3 Å². The van der Waals surface area contributed by atoms with Crippen LogP contribution in [0.2, 0.25) is 5.02 Å². The Hall–Kier alpha value is -0.390. The number of phenolic OH excluding ortho intramolecular Hbond substituents is 1. The molecule has 23 heavy (non-hydrogen) atoms. The Bertz CT molecular complexity index is 481. The number of benzene rings is 1. The molecular weight excluding hydrogens is 359 g/mol. The first-order chi connectivity index (χ1) is 10.0. The number of rotatable bonds is 5. The summed E-state index contributed by atoms with van der Waals surface area (Å²) in [5.74, 6) is 1.38. The number of halogens is 3. The molecule has 7 heteroatoms. The molecule has 0 amide bonds. The SMILES string of the molecule is COc1ccc(Cl)c(O)c1[C@H](CC(C)C)N1CCNCC1.Cl.Cl. The Labute approximate surface area is 156 Å². The number of methoxy groups -OCH3 is 1. The molecule has 1 saturated heterocycles. The van der Waals surface area contributed by atoms with Gasteiger partial charge in [0.05, 0.1) is 17.7 Å². The zero-order chi connectivity index (χ0) is 15.4. The fraction of sp³-hybridized carbons (Fsp3) is 0.625. The van der Waals surface area contributed by atoms with Gasteiger partial charge in [0.25, 0.3) is 0 Å². The molecule has 1 aromatic rings. The minimum absolute atomic E-state index is 0. The lowest BCUT2D eigenvalue weighted by Crippen LogP contribution is -2.45. The lowest BCUT2D eigenvalue weighted by Gasteiger charge is -2.37. The lowest BCUT2D eigenvalue weighted by molar-refractivity contribution is 0.149. The molecule has 0 saturated carbocycles. The zero-order valence-electron chi connectivity index (χ0n) is 13.8. The van der Waals surface area contributed by atoms with Crippen LogP contribution in [0.3, 0.4) is 0 Å². The maximum absolute atomic E-state index is 10.5. The minimum atomic E-state index is 0. The predicted molar refractivity (Wildman–Crippen MR) is 101 cm³/mol. The van der Waals surface area contributed by atoms with Crippen LogP contribution in [-0.2, 0) is 0 Å². The van der Waals surface area contributed by atoms with Gasteiger partial charge in [0, 0.05) is 32.2 Å². The van der Waals surface area contributed by atoms with Crippen molar-refractivity contribution in [2.24, 2.45) is 5.92 Å². The number of phenols is 1. The van der Waals surface area contributed by atoms with Gasteiger partial charge in [-0.1, -0.05) is 25.4 Å². The van der Waals surface area contributed by atoms with Crippen molar-refractivity contribution in [3.05, 3.63) is 22.7 Å². The van der Waals surface area contributed by atoms with Gasteiger partial charge in [-0.15, -0.1) is 24.8 Å². The third kappa shape index (κ3) is 5.57. The van der Waals surface area contributed by atoms with E-state index in [0.29, 0.717) is 16.7 Å². The summed E-state index contributed by atoms with van der Waals surface area (Å²) in [5, 5.41) is 14.2. The molecule has 2 rings (SSSR count). The average molecular weight is 386 g/mol. The van der Waals surface area contributed by atoms with E-state index in [1.54, 1.807) is 13.2 Å². The van der Waals surface area contributed by atoms with Crippen LogP contribution in [0.5, 0.6) is 11.5 Å². The monoisotopic (exact) mass is 384 g/mol. The Balaban J connectivity index is 0.00000242. The summed E-state index contributed by atoms with van der Waals surface area (Å²) in [6.45, 7) is 8.27. The molecule has 1 heterocycles. The Morgan fingerprint density at radius 1 is 1.26 bits per heavy atom. The maximum Gasteiger partial charge on any atom is 0.142 e. The highest BCUT2D eigenvalue weighted by Gasteiger charge is 2.29. The summed E-state index contributed by atoms with van der Waals surface area (Å²) in [4.78, 5) is 2.41. The molecule has 2 N–H and O–H groups in total. The van der Waals surface area contributed by atoms with Crippen LogP contribution in [0.4, 0.5) is 0 Å². The molecule has 0 unspecified atom stereocenters. The largest absolute Gasteiger partial charge is 0.506 e. The molecule has 1 fully saturated rings. The van der Waals surface area contributed by atoms with Crippen LogP contribution in [0.25, 0.3) is 0 Å². The Morgan fingerprint density at radius 2 is 1.87 bits per heavy atom. The molecule has 0 radical (unpaired) electrons. The topological polar surface area (TPSA) is 44.7 Å². The highest BCUT2D eigenvalue weighted by Crippen LogP contribution is 2.43. The fourth-order valence-electron chi connectivity index (χ4n) is 2.95. The number of hydrogen-bond donors (Lipinski definition) is 2. The molecule has 0 spiro atoms. The van der Waals surface area contributed by atoms with E-state index in [2.05, 4.69) is 24.1 Å². The van der Waals surface area contributed by atoms with Crippen molar-refractivity contribution in [3.63, 3.8) is 0 Å². The van der Waals surface area contributed by atoms with Crippen LogP contribution in [0.1, 0.15) is 31.9 Å². The van der Waals surface area contributed by atoms with Gasteiger partial charge in [-0.05, 0) is 24.5 Å². The van der Waals surface area contributed by atoms with Crippen molar-refractivity contribution in [2.75, 3.05) is 33.3 Å². The van der Waals surface area contributed by atoms with E-state index in [1.165, 1.54) is 0 Å². The van der Waals surface area contributed by atoms with E-state index in [-0.39, 0.29) is 36.6 Å². The Kier molecular flexibility index (Phi) is 10.3. The molecule has 1 aromatic carbocycles. The summed E-state index contributed by atoms with van der Waals surface area (Å²) in [7, 11) is 1.64. The van der Waals surface area contributed by atoms with Gasteiger partial charge in [-0.25, -0.2) is 0 Å². The van der Waals surface area contributed by atoms with Gasteiger partial charge in [0.15, 0.2) is 0 Å². The lowest BCUT2D eigenvalue weighted by atomic mass is 9.93. The summed E-state index contributed by atoms with van der Waals surface area (Å²) in [6, 6.07) is 3.65. The quantitative estimate of drug-likeness (QED) is 0.807. The van der Waals surface area contributed by atoms with Crippen molar-refractivity contribution in [1.29, 1.82) is 0 Å². The van der Waals surface area contributed by atoms with Gasteiger partial charge in [0.1, 0.15) is 11.5 Å². The van der Waals surface area contributed by atoms with E-state index >= 15 is 0 Å². The van der Waals surface area contributed by atoms with E-state index in [1.807, 2.05) is 6.07 Å². The highest BCUT2D eigenvalue weighted by atomic mass is 35.5. The summed E-state index contributed by atoms with van der Waals surface area (Å²) < 4.78 is 5.47. The van der Waals surface area contributed by atoms with Crippen molar-refractivity contribution < 1.29 is 9.84 Å². The standard InChI is InChI=1S/C16H25ClN2O2.2ClH/c1-11(2)10-13(19-8-6-18-7-9-19)15-14(21-3)5-4-12(17)16(15)20;;/h4-5,11,13,18,20H,6-10H2,1-3H3;2*1H/t13-;;/m0../s1. The molecule has 1 aliphatic rings. The summed E-state index contributed by atoms with van der Waals surface area (Å²) in [6.07, 6.45) is 0.963. The maximum atomic E-state index is 10.5. The van der Waals surface area contributed by atoms with Crippen LogP contribution in [0, 0.1) is 5.92 Å². The van der Waals surface area contributed by atoms with Gasteiger partial charge in [-0.3, -0.25) is 4.90 Å². The molecule has 134 valence electrons. The van der Waals surface area contributed by atoms with Crippen LogP contribution in [-0.4, -0.2) is 43.3 Å². The van der Waals surface area contributed by atoms with Crippen molar-refractivity contribution in [3.8, 4) is 11.5 Å². The number of nitrogens with one attached hydrogen (secondary N) is 1. The van der Waals surface area contributed by atoms with E-state index in [9.17, 15) is 5.11 Å². The first-order valence-electron chi connectivity index (χ1n) is 7.54. The first kappa shape index (κ1) is 22.6. The number of aromatic hydroxyl groups is 1. The van der Waals surface area contributed by atoms with Gasteiger partial charge in [-0.2, -0.15) is 0 Å². The second-order valence-electron chi connectivity index (χ2n) is 5.94. The van der Waals surface area contributed by atoms with E-state index in [0.717, 1.165) is 38.2 Å². The third-order valence-electron chi connectivity index (χ3n) is 3.97. The fourth-order valence-corrected chi connectivity index (χ4v) is 3.12. The molecule has 4 nitrogen and oxygen atoms in total. The van der Waals surface area contributed by atoms with Gasteiger partial charge in [0.2, 0.25) is 0 Å². The zero-order valence-corrected chi connectivity index (χ0v) is 16.2. The minimum Gasteiger partial charge on any atom is -0.506 e. The highest BCUT2D eigenvalue weighted by molar-refractivity contribution is 6.32. The second kappa shape index (κ2) is 10.5. The van der Waals surface area contributed by atoms with E-state index in [4.69, 9.17) is 16.3 Å². The molecular formula is C16H27Cl3N2O2. The smallest absolute Gasteiger partial charge is 0.142 e. The molecule has 0 aromatic heterocycles. The predicted octanol–water partition coefficient (Wildman–Crippen LogP) is 3.89. The molecule has 0 bridgehead atoms. The third-order valence-corrected chi connectivity index (χ3v) is 4.27. The second-order valence-corrected chi connectivity index (χ2v) is 6.35. The first-order valence-corrected chi connectivity index (χ1v) is 7.92.